The predicted octanol–water partition coefficient (Wildman–Crippen LogP) is -0.0107. The molecule has 12 heavy (non-hydrogen) atoms. The second-order valence-electron chi connectivity index (χ2n) is 2.68. The van der Waals surface area contributed by atoms with Gasteiger partial charge in [-0.15, -0.1) is 0 Å². The normalized spacial score (nSPS) is 12.2. The second-order valence-corrected chi connectivity index (χ2v) is 2.68. The van der Waals surface area contributed by atoms with Crippen LogP contribution in [-0.2, 0) is 9.59 Å². The smallest absolute Gasteiger partial charge is 0.230 e. The summed E-state index contributed by atoms with van der Waals surface area (Å²) in [7, 11) is 1.79. The van der Waals surface area contributed by atoms with Crippen molar-refractivity contribution in [2.24, 2.45) is 0 Å². The lowest BCUT2D eigenvalue weighted by molar-refractivity contribution is -0.138. The van der Waals surface area contributed by atoms with Gasteiger partial charge < -0.3 is 5.32 Å². The van der Waals surface area contributed by atoms with E-state index in [0.29, 0.717) is 19.4 Å². The maximum atomic E-state index is 11.2. The molecule has 0 aliphatic carbocycles. The molecule has 0 bridgehead atoms. The van der Waals surface area contributed by atoms with Gasteiger partial charge in [0.1, 0.15) is 0 Å². The van der Waals surface area contributed by atoms with Crippen molar-refractivity contribution in [3.05, 3.63) is 0 Å². The van der Waals surface area contributed by atoms with E-state index in [4.69, 9.17) is 0 Å². The Morgan fingerprint density at radius 2 is 2.25 bits per heavy atom. The number of rotatable bonds is 5. The molecule has 0 radical (unpaired) electrons. The molecule has 1 unspecified atom stereocenters. The molecule has 0 spiro atoms. The minimum Gasteiger partial charge on any atom is -0.317 e. The van der Waals surface area contributed by atoms with Crippen LogP contribution in [0.5, 0.6) is 0 Å². The third kappa shape index (κ3) is 3.48. The second kappa shape index (κ2) is 5.71. The monoisotopic (exact) mass is 172 g/mol. The lowest BCUT2D eigenvalue weighted by atomic mass is 10.2. The van der Waals surface area contributed by atoms with Gasteiger partial charge in [0.25, 0.3) is 0 Å². The van der Waals surface area contributed by atoms with Crippen molar-refractivity contribution in [2.45, 2.75) is 26.3 Å². The van der Waals surface area contributed by atoms with Crippen LogP contribution < -0.4 is 5.32 Å². The molecule has 0 aromatic carbocycles. The molecule has 0 heterocycles. The van der Waals surface area contributed by atoms with E-state index in [0.717, 1.165) is 0 Å². The Kier molecular flexibility index (Phi) is 5.28. The van der Waals surface area contributed by atoms with E-state index in [9.17, 15) is 9.59 Å². The third-order valence-corrected chi connectivity index (χ3v) is 1.76. The van der Waals surface area contributed by atoms with E-state index in [2.05, 4.69) is 5.32 Å². The number of nitrogens with one attached hydrogen (secondary N) is 1. The SMILES string of the molecule is CCN(C=O)C(=O)CC(C)NC. The lowest BCUT2D eigenvalue weighted by Gasteiger charge is -2.15. The first-order valence-corrected chi connectivity index (χ1v) is 4.07. The summed E-state index contributed by atoms with van der Waals surface area (Å²) in [6.45, 7) is 4.12. The molecule has 0 rings (SSSR count). The van der Waals surface area contributed by atoms with Gasteiger partial charge in [-0.3, -0.25) is 14.5 Å². The number of carbonyl (C=O) groups is 2. The van der Waals surface area contributed by atoms with Crippen LogP contribution in [0.3, 0.4) is 0 Å². The Balaban J connectivity index is 3.92. The van der Waals surface area contributed by atoms with Crippen LogP contribution in [0, 0.1) is 0 Å². The molecule has 4 heteroatoms. The molecule has 1 atom stereocenters. The molecule has 0 aromatic heterocycles. The van der Waals surface area contributed by atoms with Crippen molar-refractivity contribution in [1.82, 2.24) is 10.2 Å². The molecule has 0 aliphatic rings. The quantitative estimate of drug-likeness (QED) is 0.593. The van der Waals surface area contributed by atoms with Gasteiger partial charge in [0, 0.05) is 19.0 Å². The Morgan fingerprint density at radius 1 is 1.67 bits per heavy atom. The maximum Gasteiger partial charge on any atom is 0.230 e. The van der Waals surface area contributed by atoms with E-state index >= 15 is 0 Å². The summed E-state index contributed by atoms with van der Waals surface area (Å²) in [6.07, 6.45) is 0.938. The summed E-state index contributed by atoms with van der Waals surface area (Å²) in [5.41, 5.74) is 0. The number of hydrogen-bond donors (Lipinski definition) is 1. The molecule has 0 saturated carbocycles. The van der Waals surface area contributed by atoms with Gasteiger partial charge in [0.05, 0.1) is 0 Å². The van der Waals surface area contributed by atoms with Crippen molar-refractivity contribution in [3.8, 4) is 0 Å². The summed E-state index contributed by atoms with van der Waals surface area (Å²) in [5, 5.41) is 2.94. The van der Waals surface area contributed by atoms with Crippen molar-refractivity contribution in [2.75, 3.05) is 13.6 Å². The molecule has 0 aliphatic heterocycles. The number of hydrogen-bond acceptors (Lipinski definition) is 3. The van der Waals surface area contributed by atoms with Crippen LogP contribution in [0.4, 0.5) is 0 Å². The molecule has 1 N–H and O–H groups in total. The highest BCUT2D eigenvalue weighted by Crippen LogP contribution is 1.95. The molecule has 70 valence electrons. The Hall–Kier alpha value is -0.900. The molecule has 0 saturated heterocycles. The number of nitrogens with zero attached hydrogens (tertiary/aromatic N) is 1. The van der Waals surface area contributed by atoms with E-state index < -0.39 is 0 Å². The molecule has 0 fully saturated rings. The van der Waals surface area contributed by atoms with Gasteiger partial charge in [-0.1, -0.05) is 0 Å². The van der Waals surface area contributed by atoms with Gasteiger partial charge in [-0.05, 0) is 20.9 Å². The zero-order valence-corrected chi connectivity index (χ0v) is 7.83. The Bertz CT molecular complexity index is 159. The Morgan fingerprint density at radius 3 is 2.58 bits per heavy atom. The van der Waals surface area contributed by atoms with E-state index in [1.807, 2.05) is 6.92 Å². The van der Waals surface area contributed by atoms with Crippen molar-refractivity contribution in [3.63, 3.8) is 0 Å². The first-order chi connectivity index (χ1) is 5.65. The number of imide groups is 1. The number of amides is 2. The van der Waals surface area contributed by atoms with Crippen LogP contribution in [-0.4, -0.2) is 36.9 Å². The zero-order valence-electron chi connectivity index (χ0n) is 7.83. The minimum absolute atomic E-state index is 0.117. The van der Waals surface area contributed by atoms with Crippen molar-refractivity contribution in [1.29, 1.82) is 0 Å². The summed E-state index contributed by atoms with van der Waals surface area (Å²) < 4.78 is 0. The average Bonchev–Trinajstić information content (AvgIpc) is 2.06. The molecular weight excluding hydrogens is 156 g/mol. The fourth-order valence-corrected chi connectivity index (χ4v) is 0.791. The Labute approximate surface area is 72.9 Å². The summed E-state index contributed by atoms with van der Waals surface area (Å²) in [5.74, 6) is -0.130. The largest absolute Gasteiger partial charge is 0.317 e. The third-order valence-electron chi connectivity index (χ3n) is 1.76. The summed E-state index contributed by atoms with van der Waals surface area (Å²) in [6, 6.07) is 0.117. The van der Waals surface area contributed by atoms with Gasteiger partial charge >= 0.3 is 0 Å². The van der Waals surface area contributed by atoms with Crippen LogP contribution in [0.2, 0.25) is 0 Å². The highest BCUT2D eigenvalue weighted by Gasteiger charge is 2.12. The summed E-state index contributed by atoms with van der Waals surface area (Å²) >= 11 is 0. The molecule has 2 amide bonds. The fraction of sp³-hybridized carbons (Fsp3) is 0.750. The predicted molar refractivity (Wildman–Crippen MR) is 46.6 cm³/mol. The van der Waals surface area contributed by atoms with Crippen LogP contribution in [0.15, 0.2) is 0 Å². The van der Waals surface area contributed by atoms with E-state index in [1.54, 1.807) is 14.0 Å². The highest BCUT2D eigenvalue weighted by molar-refractivity contribution is 5.86. The zero-order chi connectivity index (χ0) is 9.56. The topological polar surface area (TPSA) is 49.4 Å². The van der Waals surface area contributed by atoms with Gasteiger partial charge in [-0.25, -0.2) is 0 Å². The molecule has 4 nitrogen and oxygen atoms in total. The van der Waals surface area contributed by atoms with Gasteiger partial charge in [0.2, 0.25) is 12.3 Å². The van der Waals surface area contributed by atoms with Crippen LogP contribution in [0.25, 0.3) is 0 Å². The first kappa shape index (κ1) is 11.1. The standard InChI is InChI=1S/C8H16N2O2/c1-4-10(6-11)8(12)5-7(2)9-3/h6-7,9H,4-5H2,1-3H3. The number of carbonyl (C=O) groups excluding carboxylic acids is 2. The van der Waals surface area contributed by atoms with Crippen LogP contribution >= 0.6 is 0 Å². The highest BCUT2D eigenvalue weighted by atomic mass is 16.2. The molecular formula is C8H16N2O2. The lowest BCUT2D eigenvalue weighted by Crippen LogP contribution is -2.34. The van der Waals surface area contributed by atoms with Gasteiger partial charge in [0.15, 0.2) is 0 Å². The fourth-order valence-electron chi connectivity index (χ4n) is 0.791. The van der Waals surface area contributed by atoms with E-state index in [-0.39, 0.29) is 11.9 Å². The van der Waals surface area contributed by atoms with Crippen molar-refractivity contribution >= 4 is 12.3 Å². The first-order valence-electron chi connectivity index (χ1n) is 4.07. The van der Waals surface area contributed by atoms with Crippen LogP contribution in [0.1, 0.15) is 20.3 Å². The maximum absolute atomic E-state index is 11.2. The minimum atomic E-state index is -0.130. The van der Waals surface area contributed by atoms with E-state index in [1.165, 1.54) is 4.90 Å². The molecule has 0 aromatic rings. The van der Waals surface area contributed by atoms with Gasteiger partial charge in [-0.2, -0.15) is 0 Å². The summed E-state index contributed by atoms with van der Waals surface area (Å²) in [4.78, 5) is 22.7. The average molecular weight is 172 g/mol. The van der Waals surface area contributed by atoms with Crippen molar-refractivity contribution < 1.29 is 9.59 Å².